The van der Waals surface area contributed by atoms with Crippen molar-refractivity contribution in [2.24, 2.45) is 0 Å². The molecule has 1 fully saturated rings. The van der Waals surface area contributed by atoms with Crippen molar-refractivity contribution in [1.29, 1.82) is 0 Å². The van der Waals surface area contributed by atoms with E-state index in [0.717, 1.165) is 12.1 Å². The van der Waals surface area contributed by atoms with Crippen molar-refractivity contribution in [3.05, 3.63) is 34.4 Å². The molecule has 1 aromatic carbocycles. The van der Waals surface area contributed by atoms with E-state index in [1.54, 1.807) is 20.8 Å². The highest BCUT2D eigenvalue weighted by atomic mass is 32.2. The zero-order valence-corrected chi connectivity index (χ0v) is 16.9. The normalized spacial score (nSPS) is 20.3. The molecule has 1 N–H and O–H groups in total. The fraction of sp³-hybridized carbons (Fsp3) is 0.529. The molecule has 160 valence electrons. The van der Waals surface area contributed by atoms with Crippen LogP contribution in [0.15, 0.2) is 29.2 Å². The largest absolute Gasteiger partial charge is 0.457 e. The Morgan fingerprint density at radius 3 is 2.52 bits per heavy atom. The minimum Gasteiger partial charge on any atom is -0.457 e. The van der Waals surface area contributed by atoms with Crippen LogP contribution in [0.2, 0.25) is 0 Å². The number of nitrogens with zero attached hydrogens (tertiary/aromatic N) is 2. The number of rotatable bonds is 6. The molecule has 12 heteroatoms. The molecule has 1 aromatic rings. The Hall–Kier alpha value is -2.57. The molecule has 29 heavy (non-hydrogen) atoms. The molecule has 0 aromatic heterocycles. The third-order valence-corrected chi connectivity index (χ3v) is 5.83. The van der Waals surface area contributed by atoms with E-state index < -0.39 is 68.4 Å². The Morgan fingerprint density at radius 1 is 1.31 bits per heavy atom. The van der Waals surface area contributed by atoms with Crippen LogP contribution in [0, 0.1) is 10.1 Å². The van der Waals surface area contributed by atoms with Gasteiger partial charge in [0.15, 0.2) is 11.5 Å². The van der Waals surface area contributed by atoms with Crippen LogP contribution < -0.4 is 0 Å². The maximum absolute atomic E-state index is 13.0. The first-order valence-corrected chi connectivity index (χ1v) is 10.1. The minimum atomic E-state index is -4.49. The number of esters is 2. The first-order chi connectivity index (χ1) is 13.3. The number of hydrogen-bond donors (Lipinski definition) is 1. The van der Waals surface area contributed by atoms with E-state index in [2.05, 4.69) is 0 Å². The zero-order chi connectivity index (χ0) is 22.0. The summed E-state index contributed by atoms with van der Waals surface area (Å²) in [4.78, 5) is 33.8. The van der Waals surface area contributed by atoms with Crippen molar-refractivity contribution in [2.45, 2.75) is 49.8 Å². The molecule has 0 saturated carbocycles. The third-order valence-electron chi connectivity index (χ3n) is 3.91. The summed E-state index contributed by atoms with van der Waals surface area (Å²) in [5.41, 5.74) is -1.45. The molecule has 2 rings (SSSR count). The molecule has 1 saturated heterocycles. The van der Waals surface area contributed by atoms with Gasteiger partial charge in [0.25, 0.3) is 15.7 Å². The highest BCUT2D eigenvalue weighted by Crippen LogP contribution is 2.31. The Kier molecular flexibility index (Phi) is 6.60. The number of para-hydroxylation sites is 1. The maximum Gasteiger partial charge on any atom is 0.344 e. The Bertz CT molecular complexity index is 908. The SMILES string of the molecule is CC(C)(C)OC(=O)COC(=O)[C@@H]1C[C@H](O)CN1S(=O)(=O)c1ccccc1[N+](=O)[O-]. The first kappa shape index (κ1) is 22.7. The number of sulfonamides is 1. The summed E-state index contributed by atoms with van der Waals surface area (Å²) in [5.74, 6) is -1.88. The maximum atomic E-state index is 13.0. The van der Waals surface area contributed by atoms with Crippen LogP contribution in [0.1, 0.15) is 27.2 Å². The van der Waals surface area contributed by atoms with E-state index in [1.165, 1.54) is 12.1 Å². The van der Waals surface area contributed by atoms with E-state index in [-0.39, 0.29) is 6.42 Å². The van der Waals surface area contributed by atoms with Gasteiger partial charge in [0.2, 0.25) is 0 Å². The van der Waals surface area contributed by atoms with Gasteiger partial charge in [0.1, 0.15) is 11.6 Å². The molecular formula is C17H22N2O9S. The van der Waals surface area contributed by atoms with Crippen molar-refractivity contribution in [3.63, 3.8) is 0 Å². The Balaban J connectivity index is 2.23. The molecule has 0 aliphatic carbocycles. The number of aliphatic hydroxyl groups is 1. The van der Waals surface area contributed by atoms with Crippen LogP contribution in [-0.4, -0.2) is 65.6 Å². The van der Waals surface area contributed by atoms with E-state index >= 15 is 0 Å². The third kappa shape index (κ3) is 5.49. The summed E-state index contributed by atoms with van der Waals surface area (Å²) in [7, 11) is -4.49. The van der Waals surface area contributed by atoms with Gasteiger partial charge in [-0.1, -0.05) is 12.1 Å². The molecule has 0 amide bonds. The van der Waals surface area contributed by atoms with E-state index in [0.29, 0.717) is 4.31 Å². The smallest absolute Gasteiger partial charge is 0.344 e. The average Bonchev–Trinajstić information content (AvgIpc) is 3.01. The van der Waals surface area contributed by atoms with Crippen molar-refractivity contribution in [2.75, 3.05) is 13.2 Å². The summed E-state index contributed by atoms with van der Waals surface area (Å²) in [6, 6.07) is 3.25. The number of β-amino-alcohol motifs (C(OH)–C–C–N with tert-alkyl or cyclic N) is 1. The molecule has 1 heterocycles. The minimum absolute atomic E-state index is 0.271. The van der Waals surface area contributed by atoms with Crippen molar-refractivity contribution in [3.8, 4) is 0 Å². The highest BCUT2D eigenvalue weighted by Gasteiger charge is 2.46. The van der Waals surface area contributed by atoms with Gasteiger partial charge in [-0.15, -0.1) is 0 Å². The fourth-order valence-corrected chi connectivity index (χ4v) is 4.60. The summed E-state index contributed by atoms with van der Waals surface area (Å²) >= 11 is 0. The number of nitro benzene ring substituents is 1. The van der Waals surface area contributed by atoms with Crippen LogP contribution in [0.3, 0.4) is 0 Å². The summed E-state index contributed by atoms with van der Waals surface area (Å²) < 4.78 is 36.4. The number of ether oxygens (including phenoxy) is 2. The lowest BCUT2D eigenvalue weighted by Crippen LogP contribution is -2.42. The van der Waals surface area contributed by atoms with E-state index in [9.17, 15) is 33.2 Å². The number of carbonyl (C=O) groups excluding carboxylic acids is 2. The number of carbonyl (C=O) groups is 2. The monoisotopic (exact) mass is 430 g/mol. The number of hydrogen-bond acceptors (Lipinski definition) is 9. The molecule has 0 bridgehead atoms. The van der Waals surface area contributed by atoms with Crippen molar-refractivity contribution in [1.82, 2.24) is 4.31 Å². The van der Waals surface area contributed by atoms with Gasteiger partial charge in [0, 0.05) is 19.0 Å². The van der Waals surface area contributed by atoms with Crippen LogP contribution in [0.4, 0.5) is 5.69 Å². The van der Waals surface area contributed by atoms with Crippen LogP contribution in [0.5, 0.6) is 0 Å². The van der Waals surface area contributed by atoms with Gasteiger partial charge in [-0.3, -0.25) is 14.9 Å². The first-order valence-electron chi connectivity index (χ1n) is 8.65. The topological polar surface area (TPSA) is 153 Å². The molecule has 0 radical (unpaired) electrons. The summed E-state index contributed by atoms with van der Waals surface area (Å²) in [5, 5.41) is 21.1. The summed E-state index contributed by atoms with van der Waals surface area (Å²) in [6.45, 7) is 3.70. The number of aliphatic hydroxyl groups excluding tert-OH is 1. The lowest BCUT2D eigenvalue weighted by atomic mass is 10.2. The van der Waals surface area contributed by atoms with Crippen molar-refractivity contribution >= 4 is 27.6 Å². The van der Waals surface area contributed by atoms with Gasteiger partial charge in [0.05, 0.1) is 11.0 Å². The second-order valence-corrected chi connectivity index (χ2v) is 9.26. The van der Waals surface area contributed by atoms with Crippen molar-refractivity contribution < 1.29 is 37.5 Å². The number of nitro groups is 1. The fourth-order valence-electron chi connectivity index (χ4n) is 2.81. The van der Waals surface area contributed by atoms with Crippen LogP contribution in [-0.2, 0) is 29.1 Å². The lowest BCUT2D eigenvalue weighted by molar-refractivity contribution is -0.387. The number of benzene rings is 1. The van der Waals surface area contributed by atoms with Gasteiger partial charge in [-0.05, 0) is 26.8 Å². The predicted molar refractivity (Wildman–Crippen MR) is 98.2 cm³/mol. The van der Waals surface area contributed by atoms with Gasteiger partial charge in [-0.25, -0.2) is 13.2 Å². The van der Waals surface area contributed by atoms with Crippen LogP contribution >= 0.6 is 0 Å². The second kappa shape index (κ2) is 8.43. The second-order valence-electron chi connectivity index (χ2n) is 7.40. The average molecular weight is 430 g/mol. The molecule has 1 aliphatic rings. The van der Waals surface area contributed by atoms with E-state index in [4.69, 9.17) is 9.47 Å². The van der Waals surface area contributed by atoms with Crippen LogP contribution in [0.25, 0.3) is 0 Å². The van der Waals surface area contributed by atoms with Gasteiger partial charge in [-0.2, -0.15) is 4.31 Å². The highest BCUT2D eigenvalue weighted by molar-refractivity contribution is 7.89. The molecule has 0 unspecified atom stereocenters. The van der Waals surface area contributed by atoms with E-state index in [1.807, 2.05) is 0 Å². The Morgan fingerprint density at radius 2 is 1.93 bits per heavy atom. The predicted octanol–water partition coefficient (Wildman–Crippen LogP) is 0.604. The molecule has 1 aliphatic heterocycles. The van der Waals surface area contributed by atoms with Gasteiger partial charge < -0.3 is 14.6 Å². The summed E-state index contributed by atoms with van der Waals surface area (Å²) in [6.07, 6.45) is -1.45. The van der Waals surface area contributed by atoms with Gasteiger partial charge >= 0.3 is 11.9 Å². The lowest BCUT2D eigenvalue weighted by Gasteiger charge is -2.23. The zero-order valence-electron chi connectivity index (χ0n) is 16.1. The Labute approximate surface area is 167 Å². The molecule has 2 atom stereocenters. The quantitative estimate of drug-likeness (QED) is 0.388. The standard InChI is InChI=1S/C17H22N2O9S/c1-17(2,3)28-15(21)10-27-16(22)13-8-11(20)9-18(13)29(25,26)14-7-5-4-6-12(14)19(23)24/h4-7,11,13,20H,8-10H2,1-3H3/t11-,13-/m0/s1. The molecule has 11 nitrogen and oxygen atoms in total. The molecular weight excluding hydrogens is 408 g/mol. The molecule has 0 spiro atoms.